The number of hydrogen-bond donors (Lipinski definition) is 1. The number of nitrogens with two attached hydrogens (primary N) is 1. The minimum atomic E-state index is 0.00144. The molecule has 0 aliphatic rings. The van der Waals surface area contributed by atoms with Gasteiger partial charge in [-0.15, -0.1) is 0 Å². The van der Waals surface area contributed by atoms with E-state index in [1.807, 2.05) is 32.3 Å². The summed E-state index contributed by atoms with van der Waals surface area (Å²) in [7, 11) is 0. The number of pyridine rings is 2. The lowest BCUT2D eigenvalue weighted by molar-refractivity contribution is 0.648. The van der Waals surface area contributed by atoms with Gasteiger partial charge in [-0.2, -0.15) is 5.10 Å². The zero-order valence-electron chi connectivity index (χ0n) is 13.2. The molecule has 0 spiro atoms. The molecule has 0 fully saturated rings. The first-order chi connectivity index (χ1) is 11.1. The molecule has 3 aromatic rings. The molecule has 0 aliphatic heterocycles. The van der Waals surface area contributed by atoms with Gasteiger partial charge in [0.05, 0.1) is 11.9 Å². The number of rotatable bonds is 4. The Balaban J connectivity index is 1.99. The fourth-order valence-corrected chi connectivity index (χ4v) is 2.55. The third-order valence-corrected chi connectivity index (χ3v) is 3.72. The summed E-state index contributed by atoms with van der Waals surface area (Å²) in [6, 6.07) is 5.19. The molecule has 0 saturated carbocycles. The third-order valence-electron chi connectivity index (χ3n) is 3.72. The number of aromatic nitrogens is 4. The van der Waals surface area contributed by atoms with Crippen molar-refractivity contribution in [2.45, 2.75) is 26.8 Å². The van der Waals surface area contributed by atoms with E-state index < -0.39 is 0 Å². The van der Waals surface area contributed by atoms with Crippen LogP contribution in [0, 0.1) is 6.92 Å². The summed E-state index contributed by atoms with van der Waals surface area (Å²) in [4.78, 5) is 16.0. The minimum absolute atomic E-state index is 0.00144. The van der Waals surface area contributed by atoms with Gasteiger partial charge in [0, 0.05) is 42.3 Å². The molecule has 6 heteroatoms. The molecule has 0 saturated heterocycles. The van der Waals surface area contributed by atoms with Gasteiger partial charge in [0.25, 0.3) is 5.56 Å². The summed E-state index contributed by atoms with van der Waals surface area (Å²) in [5.74, 6) is 0.505. The average Bonchev–Trinajstić information content (AvgIpc) is 2.99. The number of nitrogen functional groups attached to an aromatic ring is 1. The van der Waals surface area contributed by atoms with Crippen LogP contribution in [0.3, 0.4) is 0 Å². The number of aryl methyl sites for hydroxylation is 2. The van der Waals surface area contributed by atoms with Gasteiger partial charge in [-0.3, -0.25) is 4.79 Å². The molecular formula is C17H19N5O. The lowest BCUT2D eigenvalue weighted by Crippen LogP contribution is -2.19. The molecule has 3 heterocycles. The first-order valence-corrected chi connectivity index (χ1v) is 7.56. The van der Waals surface area contributed by atoms with Gasteiger partial charge >= 0.3 is 0 Å². The molecule has 2 N–H and O–H groups in total. The highest BCUT2D eigenvalue weighted by Crippen LogP contribution is 2.23. The van der Waals surface area contributed by atoms with Crippen LogP contribution in [0.2, 0.25) is 0 Å². The summed E-state index contributed by atoms with van der Waals surface area (Å²) in [5, 5.41) is 4.40. The Morgan fingerprint density at radius 3 is 2.78 bits per heavy atom. The molecule has 3 aromatic heterocycles. The SMILES string of the molecule is CCCn1cc(-n2cc(-c3cnc(N)cc3C)cn2)ccc1=O. The van der Waals surface area contributed by atoms with Crippen LogP contribution in [0.5, 0.6) is 0 Å². The van der Waals surface area contributed by atoms with Crippen LogP contribution in [-0.4, -0.2) is 19.3 Å². The summed E-state index contributed by atoms with van der Waals surface area (Å²) >= 11 is 0. The van der Waals surface area contributed by atoms with Crippen molar-refractivity contribution in [1.82, 2.24) is 19.3 Å². The fourth-order valence-electron chi connectivity index (χ4n) is 2.55. The second kappa shape index (κ2) is 6.08. The Kier molecular flexibility index (Phi) is 3.97. The topological polar surface area (TPSA) is 78.7 Å². The van der Waals surface area contributed by atoms with E-state index in [9.17, 15) is 4.79 Å². The van der Waals surface area contributed by atoms with E-state index in [1.165, 1.54) is 0 Å². The Morgan fingerprint density at radius 1 is 1.22 bits per heavy atom. The van der Waals surface area contributed by atoms with Gasteiger partial charge in [-0.25, -0.2) is 9.67 Å². The van der Waals surface area contributed by atoms with Gasteiger partial charge in [0.2, 0.25) is 0 Å². The minimum Gasteiger partial charge on any atom is -0.384 e. The van der Waals surface area contributed by atoms with Gasteiger partial charge in [-0.05, 0) is 31.0 Å². The predicted octanol–water partition coefficient (Wildman–Crippen LogP) is 2.40. The number of hydrogen-bond acceptors (Lipinski definition) is 4. The number of anilines is 1. The van der Waals surface area contributed by atoms with E-state index in [4.69, 9.17) is 5.73 Å². The standard InChI is InChI=1S/C17H19N5O/c1-3-6-21-11-14(4-5-17(21)23)22-10-13(8-20-22)15-9-19-16(18)7-12(15)2/h4-5,7-11H,3,6H2,1-2H3,(H2,18,19). The van der Waals surface area contributed by atoms with Crippen LogP contribution in [0.4, 0.5) is 5.82 Å². The van der Waals surface area contributed by atoms with Crippen molar-refractivity contribution in [1.29, 1.82) is 0 Å². The van der Waals surface area contributed by atoms with Crippen molar-refractivity contribution >= 4 is 5.82 Å². The molecule has 3 rings (SSSR count). The maximum absolute atomic E-state index is 11.8. The Hall–Kier alpha value is -2.89. The van der Waals surface area contributed by atoms with E-state index in [1.54, 1.807) is 33.8 Å². The highest BCUT2D eigenvalue weighted by Gasteiger charge is 2.08. The van der Waals surface area contributed by atoms with Crippen molar-refractivity contribution in [2.24, 2.45) is 0 Å². The van der Waals surface area contributed by atoms with E-state index in [0.29, 0.717) is 12.4 Å². The van der Waals surface area contributed by atoms with Crippen molar-refractivity contribution in [2.75, 3.05) is 5.73 Å². The lowest BCUT2D eigenvalue weighted by atomic mass is 10.1. The third kappa shape index (κ3) is 3.01. The van der Waals surface area contributed by atoms with E-state index >= 15 is 0 Å². The first-order valence-electron chi connectivity index (χ1n) is 7.56. The monoisotopic (exact) mass is 309 g/mol. The molecule has 0 atom stereocenters. The second-order valence-electron chi connectivity index (χ2n) is 5.52. The maximum atomic E-state index is 11.8. The van der Waals surface area contributed by atoms with Crippen LogP contribution in [0.1, 0.15) is 18.9 Å². The molecule has 0 aromatic carbocycles. The number of nitrogens with zero attached hydrogens (tertiary/aromatic N) is 4. The van der Waals surface area contributed by atoms with E-state index in [2.05, 4.69) is 10.1 Å². The molecule has 23 heavy (non-hydrogen) atoms. The molecular weight excluding hydrogens is 290 g/mol. The van der Waals surface area contributed by atoms with Crippen LogP contribution in [0.25, 0.3) is 16.8 Å². The van der Waals surface area contributed by atoms with E-state index in [-0.39, 0.29) is 5.56 Å². The zero-order chi connectivity index (χ0) is 16.4. The van der Waals surface area contributed by atoms with Crippen LogP contribution in [-0.2, 0) is 6.54 Å². The molecule has 118 valence electrons. The molecule has 0 aliphatic carbocycles. The lowest BCUT2D eigenvalue weighted by Gasteiger charge is -2.07. The van der Waals surface area contributed by atoms with Crippen molar-refractivity contribution < 1.29 is 0 Å². The molecule has 0 bridgehead atoms. The summed E-state index contributed by atoms with van der Waals surface area (Å²) in [5.41, 5.74) is 9.55. The Labute approximate surface area is 134 Å². The summed E-state index contributed by atoms with van der Waals surface area (Å²) in [6.07, 6.45) is 8.20. The molecule has 0 amide bonds. The van der Waals surface area contributed by atoms with Crippen molar-refractivity contribution in [3.8, 4) is 16.8 Å². The average molecular weight is 309 g/mol. The highest BCUT2D eigenvalue weighted by atomic mass is 16.1. The quantitative estimate of drug-likeness (QED) is 0.802. The second-order valence-corrected chi connectivity index (χ2v) is 5.52. The predicted molar refractivity (Wildman–Crippen MR) is 90.5 cm³/mol. The van der Waals surface area contributed by atoms with Crippen molar-refractivity contribution in [3.63, 3.8) is 0 Å². The fraction of sp³-hybridized carbons (Fsp3) is 0.235. The summed E-state index contributed by atoms with van der Waals surface area (Å²) in [6.45, 7) is 4.73. The molecule has 0 radical (unpaired) electrons. The Bertz CT molecular complexity index is 894. The normalized spacial score (nSPS) is 10.9. The largest absolute Gasteiger partial charge is 0.384 e. The van der Waals surface area contributed by atoms with Crippen LogP contribution in [0.15, 0.2) is 47.8 Å². The Morgan fingerprint density at radius 2 is 2.04 bits per heavy atom. The van der Waals surface area contributed by atoms with Gasteiger partial charge < -0.3 is 10.3 Å². The van der Waals surface area contributed by atoms with Gasteiger partial charge in [0.1, 0.15) is 5.82 Å². The van der Waals surface area contributed by atoms with E-state index in [0.717, 1.165) is 28.8 Å². The zero-order valence-corrected chi connectivity index (χ0v) is 13.2. The molecule has 0 unspecified atom stereocenters. The van der Waals surface area contributed by atoms with Crippen LogP contribution < -0.4 is 11.3 Å². The van der Waals surface area contributed by atoms with Crippen molar-refractivity contribution in [3.05, 3.63) is 58.9 Å². The smallest absolute Gasteiger partial charge is 0.250 e. The summed E-state index contributed by atoms with van der Waals surface area (Å²) < 4.78 is 3.46. The maximum Gasteiger partial charge on any atom is 0.250 e. The van der Waals surface area contributed by atoms with Gasteiger partial charge in [-0.1, -0.05) is 6.92 Å². The van der Waals surface area contributed by atoms with Gasteiger partial charge in [0.15, 0.2) is 0 Å². The highest BCUT2D eigenvalue weighted by molar-refractivity contribution is 5.66. The molecule has 6 nitrogen and oxygen atoms in total. The van der Waals surface area contributed by atoms with Crippen LogP contribution >= 0.6 is 0 Å². The first kappa shape index (κ1) is 15.0.